The van der Waals surface area contributed by atoms with E-state index in [4.69, 9.17) is 0 Å². The third kappa shape index (κ3) is 3.28. The summed E-state index contributed by atoms with van der Waals surface area (Å²) >= 11 is 0. The highest BCUT2D eigenvalue weighted by Gasteiger charge is 2.16. The molecule has 1 heterocycles. The van der Waals surface area contributed by atoms with Crippen LogP contribution in [0.15, 0.2) is 6.20 Å². The van der Waals surface area contributed by atoms with Crippen molar-refractivity contribution in [3.8, 4) is 0 Å². The van der Waals surface area contributed by atoms with Crippen LogP contribution in [0.2, 0.25) is 0 Å². The van der Waals surface area contributed by atoms with Gasteiger partial charge in [-0.05, 0) is 19.3 Å². The Morgan fingerprint density at radius 1 is 1.41 bits per heavy atom. The second kappa shape index (κ2) is 5.80. The largest absolute Gasteiger partial charge is 0.367 e. The van der Waals surface area contributed by atoms with Gasteiger partial charge in [0.1, 0.15) is 0 Å². The summed E-state index contributed by atoms with van der Waals surface area (Å²) in [5.74, 6) is 1.20. The summed E-state index contributed by atoms with van der Waals surface area (Å²) in [5.41, 5.74) is 0. The van der Waals surface area contributed by atoms with Crippen LogP contribution < -0.4 is 10.6 Å². The second-order valence-corrected chi connectivity index (χ2v) is 4.43. The van der Waals surface area contributed by atoms with Crippen molar-refractivity contribution in [1.29, 1.82) is 0 Å². The minimum Gasteiger partial charge on any atom is -0.367 e. The quantitative estimate of drug-likeness (QED) is 0.800. The number of halogens is 1. The fourth-order valence-electron chi connectivity index (χ4n) is 1.91. The normalized spacial score (nSPS) is 15.4. The number of nitrogens with zero attached hydrogens (tertiary/aromatic N) is 2. The van der Waals surface area contributed by atoms with Crippen LogP contribution in [0.1, 0.15) is 32.6 Å². The SMILES string of the molecule is CCNc1ncc(F)c(NCCC2CCC2)n1. The standard InChI is InChI=1S/C12H19FN4/c1-2-14-12-16-8-10(13)11(17-12)15-7-6-9-4-3-5-9/h8-9H,2-7H2,1H3,(H2,14,15,16,17). The van der Waals surface area contributed by atoms with E-state index in [0.29, 0.717) is 11.8 Å². The molecule has 0 amide bonds. The molecule has 2 rings (SSSR count). The summed E-state index contributed by atoms with van der Waals surface area (Å²) < 4.78 is 13.4. The first kappa shape index (κ1) is 12.1. The molecule has 4 nitrogen and oxygen atoms in total. The van der Waals surface area contributed by atoms with Gasteiger partial charge in [-0.1, -0.05) is 19.3 Å². The van der Waals surface area contributed by atoms with Crippen LogP contribution >= 0.6 is 0 Å². The molecule has 0 bridgehead atoms. The Labute approximate surface area is 101 Å². The van der Waals surface area contributed by atoms with Gasteiger partial charge in [-0.25, -0.2) is 9.37 Å². The average Bonchev–Trinajstić information content (AvgIpc) is 2.26. The van der Waals surface area contributed by atoms with Gasteiger partial charge >= 0.3 is 0 Å². The molecule has 1 saturated carbocycles. The van der Waals surface area contributed by atoms with Crippen molar-refractivity contribution in [3.05, 3.63) is 12.0 Å². The zero-order valence-electron chi connectivity index (χ0n) is 10.2. The summed E-state index contributed by atoms with van der Waals surface area (Å²) in [5, 5.41) is 6.01. The first-order valence-corrected chi connectivity index (χ1v) is 6.30. The molecule has 1 fully saturated rings. The monoisotopic (exact) mass is 238 g/mol. The van der Waals surface area contributed by atoms with E-state index in [9.17, 15) is 4.39 Å². The predicted octanol–water partition coefficient (Wildman–Crippen LogP) is 2.65. The van der Waals surface area contributed by atoms with E-state index in [1.807, 2.05) is 6.92 Å². The molecule has 2 N–H and O–H groups in total. The van der Waals surface area contributed by atoms with Gasteiger partial charge in [-0.2, -0.15) is 4.98 Å². The third-order valence-corrected chi connectivity index (χ3v) is 3.15. The Morgan fingerprint density at radius 2 is 2.24 bits per heavy atom. The minimum atomic E-state index is -0.389. The molecule has 0 aromatic carbocycles. The van der Waals surface area contributed by atoms with Crippen LogP contribution in [-0.2, 0) is 0 Å². The highest BCUT2D eigenvalue weighted by Crippen LogP contribution is 2.29. The van der Waals surface area contributed by atoms with Crippen LogP contribution in [0.25, 0.3) is 0 Å². The second-order valence-electron chi connectivity index (χ2n) is 4.43. The molecule has 0 unspecified atom stereocenters. The smallest absolute Gasteiger partial charge is 0.224 e. The van der Waals surface area contributed by atoms with E-state index < -0.39 is 0 Å². The van der Waals surface area contributed by atoms with E-state index in [1.165, 1.54) is 25.5 Å². The van der Waals surface area contributed by atoms with Gasteiger partial charge in [0, 0.05) is 13.1 Å². The molecular formula is C12H19FN4. The van der Waals surface area contributed by atoms with E-state index >= 15 is 0 Å². The fraction of sp³-hybridized carbons (Fsp3) is 0.667. The Morgan fingerprint density at radius 3 is 2.88 bits per heavy atom. The van der Waals surface area contributed by atoms with Gasteiger partial charge in [-0.15, -0.1) is 0 Å². The molecule has 1 aromatic rings. The number of hydrogen-bond acceptors (Lipinski definition) is 4. The number of hydrogen-bond donors (Lipinski definition) is 2. The molecule has 1 aliphatic rings. The number of rotatable bonds is 6. The maximum absolute atomic E-state index is 13.4. The molecule has 94 valence electrons. The van der Waals surface area contributed by atoms with Gasteiger partial charge in [-0.3, -0.25) is 0 Å². The summed E-state index contributed by atoms with van der Waals surface area (Å²) in [6, 6.07) is 0. The van der Waals surface area contributed by atoms with Crippen molar-refractivity contribution in [3.63, 3.8) is 0 Å². The van der Waals surface area contributed by atoms with Crippen LogP contribution in [-0.4, -0.2) is 23.1 Å². The summed E-state index contributed by atoms with van der Waals surface area (Å²) in [4.78, 5) is 7.96. The van der Waals surface area contributed by atoms with Crippen LogP contribution in [0.4, 0.5) is 16.2 Å². The van der Waals surface area contributed by atoms with Gasteiger partial charge in [0.25, 0.3) is 0 Å². The van der Waals surface area contributed by atoms with Gasteiger partial charge in [0.05, 0.1) is 6.20 Å². The lowest BCUT2D eigenvalue weighted by Gasteiger charge is -2.25. The molecule has 0 spiro atoms. The first-order chi connectivity index (χ1) is 8.29. The van der Waals surface area contributed by atoms with E-state index in [0.717, 1.165) is 25.4 Å². The number of aromatic nitrogens is 2. The van der Waals surface area contributed by atoms with E-state index in [-0.39, 0.29) is 5.82 Å². The zero-order chi connectivity index (χ0) is 12.1. The first-order valence-electron chi connectivity index (χ1n) is 6.30. The van der Waals surface area contributed by atoms with E-state index in [2.05, 4.69) is 20.6 Å². The minimum absolute atomic E-state index is 0.301. The van der Waals surface area contributed by atoms with Crippen molar-refractivity contribution in [2.45, 2.75) is 32.6 Å². The Bertz CT molecular complexity index is 366. The molecule has 5 heteroatoms. The van der Waals surface area contributed by atoms with Gasteiger partial charge in [0.2, 0.25) is 5.95 Å². The molecule has 17 heavy (non-hydrogen) atoms. The lowest BCUT2D eigenvalue weighted by atomic mass is 9.83. The van der Waals surface area contributed by atoms with E-state index in [1.54, 1.807) is 0 Å². The predicted molar refractivity (Wildman–Crippen MR) is 66.6 cm³/mol. The number of anilines is 2. The zero-order valence-corrected chi connectivity index (χ0v) is 10.2. The Hall–Kier alpha value is -1.39. The summed E-state index contributed by atoms with van der Waals surface area (Å²) in [7, 11) is 0. The summed E-state index contributed by atoms with van der Waals surface area (Å²) in [6.07, 6.45) is 6.28. The highest BCUT2D eigenvalue weighted by atomic mass is 19.1. The third-order valence-electron chi connectivity index (χ3n) is 3.15. The molecule has 1 aliphatic carbocycles. The molecular weight excluding hydrogens is 219 g/mol. The fourth-order valence-corrected chi connectivity index (χ4v) is 1.91. The van der Waals surface area contributed by atoms with Crippen molar-refractivity contribution < 1.29 is 4.39 Å². The van der Waals surface area contributed by atoms with Crippen LogP contribution in [0.3, 0.4) is 0 Å². The maximum atomic E-state index is 13.4. The summed E-state index contributed by atoms with van der Waals surface area (Å²) in [6.45, 7) is 3.47. The van der Waals surface area contributed by atoms with Gasteiger partial charge < -0.3 is 10.6 Å². The lowest BCUT2D eigenvalue weighted by Crippen LogP contribution is -2.17. The van der Waals surface area contributed by atoms with Gasteiger partial charge in [0.15, 0.2) is 11.6 Å². The van der Waals surface area contributed by atoms with Crippen molar-refractivity contribution in [2.75, 3.05) is 23.7 Å². The van der Waals surface area contributed by atoms with Crippen LogP contribution in [0.5, 0.6) is 0 Å². The lowest BCUT2D eigenvalue weighted by molar-refractivity contribution is 0.302. The average molecular weight is 238 g/mol. The van der Waals surface area contributed by atoms with Crippen LogP contribution in [0, 0.1) is 11.7 Å². The van der Waals surface area contributed by atoms with Crippen molar-refractivity contribution in [2.24, 2.45) is 5.92 Å². The highest BCUT2D eigenvalue weighted by molar-refractivity contribution is 5.40. The Balaban J connectivity index is 1.86. The number of nitrogens with one attached hydrogen (secondary N) is 2. The maximum Gasteiger partial charge on any atom is 0.224 e. The molecule has 0 atom stereocenters. The molecule has 0 aliphatic heterocycles. The molecule has 0 radical (unpaired) electrons. The van der Waals surface area contributed by atoms with Crippen molar-refractivity contribution in [1.82, 2.24) is 9.97 Å². The Kier molecular flexibility index (Phi) is 4.12. The topological polar surface area (TPSA) is 49.8 Å². The van der Waals surface area contributed by atoms with Crippen molar-refractivity contribution >= 4 is 11.8 Å². The molecule has 0 saturated heterocycles. The molecule has 1 aromatic heterocycles.